The van der Waals surface area contributed by atoms with Crippen LogP contribution in [-0.2, 0) is 11.2 Å². The number of aromatic amines is 1. The largest absolute Gasteiger partial charge is 0.358 e. The number of hydrogen-bond acceptors (Lipinski definition) is 4. The SMILES string of the molecule is CCc1ccc(-c2csc(NC(=O)C(=O)c3c(C)[nH]c4ccccc34)n2)cc1. The van der Waals surface area contributed by atoms with Crippen molar-refractivity contribution in [3.63, 3.8) is 0 Å². The Kier molecular flexibility index (Phi) is 4.79. The number of nitrogens with zero attached hydrogens (tertiary/aromatic N) is 1. The molecule has 5 nitrogen and oxygen atoms in total. The van der Waals surface area contributed by atoms with Gasteiger partial charge in [0.1, 0.15) is 0 Å². The molecule has 4 rings (SSSR count). The number of benzene rings is 2. The second kappa shape index (κ2) is 7.40. The molecule has 140 valence electrons. The molecule has 0 saturated heterocycles. The predicted octanol–water partition coefficient (Wildman–Crippen LogP) is 4.98. The molecule has 6 heteroatoms. The maximum atomic E-state index is 12.7. The standard InChI is InChI=1S/C22H19N3O2S/c1-3-14-8-10-15(11-9-14)18-12-28-22(24-18)25-21(27)20(26)19-13(2)23-17-7-5-4-6-16(17)19/h4-12,23H,3H2,1-2H3,(H,24,25,27). The van der Waals surface area contributed by atoms with Crippen LogP contribution in [-0.4, -0.2) is 21.7 Å². The van der Waals surface area contributed by atoms with Gasteiger partial charge in [-0.25, -0.2) is 4.98 Å². The molecule has 4 aromatic rings. The number of para-hydroxylation sites is 1. The maximum absolute atomic E-state index is 12.7. The number of anilines is 1. The molecule has 0 aliphatic rings. The Labute approximate surface area is 166 Å². The third kappa shape index (κ3) is 3.34. The minimum Gasteiger partial charge on any atom is -0.358 e. The molecule has 0 fully saturated rings. The number of carbonyl (C=O) groups is 2. The summed E-state index contributed by atoms with van der Waals surface area (Å²) in [5, 5.41) is 5.67. The van der Waals surface area contributed by atoms with Crippen molar-refractivity contribution in [2.75, 3.05) is 5.32 Å². The number of thiazole rings is 1. The average Bonchev–Trinajstić information content (AvgIpc) is 3.31. The van der Waals surface area contributed by atoms with Crippen molar-refractivity contribution in [2.24, 2.45) is 0 Å². The van der Waals surface area contributed by atoms with Crippen LogP contribution >= 0.6 is 11.3 Å². The highest BCUT2D eigenvalue weighted by atomic mass is 32.1. The third-order valence-electron chi connectivity index (χ3n) is 4.71. The summed E-state index contributed by atoms with van der Waals surface area (Å²) in [4.78, 5) is 32.9. The lowest BCUT2D eigenvalue weighted by Gasteiger charge is -2.02. The monoisotopic (exact) mass is 389 g/mol. The van der Waals surface area contributed by atoms with Crippen LogP contribution < -0.4 is 5.32 Å². The van der Waals surface area contributed by atoms with Gasteiger partial charge >= 0.3 is 0 Å². The van der Waals surface area contributed by atoms with Crippen molar-refractivity contribution in [2.45, 2.75) is 20.3 Å². The number of nitrogens with one attached hydrogen (secondary N) is 2. The van der Waals surface area contributed by atoms with E-state index in [4.69, 9.17) is 0 Å². The molecule has 1 amide bonds. The van der Waals surface area contributed by atoms with Gasteiger partial charge in [0.15, 0.2) is 5.13 Å². The van der Waals surface area contributed by atoms with Crippen LogP contribution in [0.4, 0.5) is 5.13 Å². The summed E-state index contributed by atoms with van der Waals surface area (Å²) in [6.07, 6.45) is 0.980. The first-order valence-corrected chi connectivity index (χ1v) is 9.92. The van der Waals surface area contributed by atoms with Crippen molar-refractivity contribution in [3.8, 4) is 11.3 Å². The van der Waals surface area contributed by atoms with E-state index in [9.17, 15) is 9.59 Å². The second-order valence-electron chi connectivity index (χ2n) is 6.54. The van der Waals surface area contributed by atoms with Gasteiger partial charge in [-0.05, 0) is 25.0 Å². The van der Waals surface area contributed by atoms with E-state index in [0.29, 0.717) is 16.4 Å². The van der Waals surface area contributed by atoms with E-state index in [2.05, 4.69) is 34.3 Å². The highest BCUT2D eigenvalue weighted by Crippen LogP contribution is 2.26. The molecular formula is C22H19N3O2S. The van der Waals surface area contributed by atoms with Crippen LogP contribution in [0.25, 0.3) is 22.2 Å². The van der Waals surface area contributed by atoms with Crippen molar-refractivity contribution in [3.05, 3.63) is 70.7 Å². The summed E-state index contributed by atoms with van der Waals surface area (Å²) < 4.78 is 0. The fraction of sp³-hybridized carbons (Fsp3) is 0.136. The summed E-state index contributed by atoms with van der Waals surface area (Å²) in [5.74, 6) is -1.26. The van der Waals surface area contributed by atoms with Gasteiger partial charge in [0.05, 0.1) is 11.3 Å². The minimum atomic E-state index is -0.685. The molecular weight excluding hydrogens is 370 g/mol. The van der Waals surface area contributed by atoms with Crippen molar-refractivity contribution in [1.82, 2.24) is 9.97 Å². The van der Waals surface area contributed by atoms with E-state index in [0.717, 1.165) is 28.6 Å². The number of carbonyl (C=O) groups excluding carboxylic acids is 2. The first-order chi connectivity index (χ1) is 13.6. The van der Waals surface area contributed by atoms with E-state index in [1.807, 2.05) is 41.8 Å². The molecule has 2 N–H and O–H groups in total. The van der Waals surface area contributed by atoms with Gasteiger partial charge < -0.3 is 4.98 Å². The molecule has 0 saturated carbocycles. The van der Waals surface area contributed by atoms with Crippen LogP contribution in [0.2, 0.25) is 0 Å². The molecule has 2 aromatic carbocycles. The molecule has 0 atom stereocenters. The number of fused-ring (bicyclic) bond motifs is 1. The lowest BCUT2D eigenvalue weighted by Crippen LogP contribution is -2.23. The molecule has 0 unspecified atom stereocenters. The van der Waals surface area contributed by atoms with Gasteiger partial charge in [0, 0.05) is 27.5 Å². The fourth-order valence-corrected chi connectivity index (χ4v) is 3.93. The Morgan fingerprint density at radius 2 is 1.86 bits per heavy atom. The van der Waals surface area contributed by atoms with Gasteiger partial charge in [-0.1, -0.05) is 49.4 Å². The molecule has 0 spiro atoms. The normalized spacial score (nSPS) is 10.9. The van der Waals surface area contributed by atoms with E-state index in [1.165, 1.54) is 16.9 Å². The average molecular weight is 389 g/mol. The Hall–Kier alpha value is -3.25. The number of aromatic nitrogens is 2. The van der Waals surface area contributed by atoms with Crippen LogP contribution in [0.3, 0.4) is 0 Å². The van der Waals surface area contributed by atoms with E-state index in [1.54, 1.807) is 6.92 Å². The molecule has 0 aliphatic heterocycles. The number of aryl methyl sites for hydroxylation is 2. The number of hydrogen-bond donors (Lipinski definition) is 2. The lowest BCUT2D eigenvalue weighted by molar-refractivity contribution is -0.112. The van der Waals surface area contributed by atoms with Crippen molar-refractivity contribution >= 4 is 39.1 Å². The molecule has 0 bridgehead atoms. The lowest BCUT2D eigenvalue weighted by atomic mass is 10.1. The molecule has 2 heterocycles. The first-order valence-electron chi connectivity index (χ1n) is 9.04. The van der Waals surface area contributed by atoms with Crippen LogP contribution in [0, 0.1) is 6.92 Å². The highest BCUT2D eigenvalue weighted by molar-refractivity contribution is 7.14. The number of amides is 1. The topological polar surface area (TPSA) is 74.8 Å². The van der Waals surface area contributed by atoms with E-state index >= 15 is 0 Å². The number of H-pyrrole nitrogens is 1. The van der Waals surface area contributed by atoms with Gasteiger partial charge in [-0.3, -0.25) is 14.9 Å². The molecule has 0 radical (unpaired) electrons. The van der Waals surface area contributed by atoms with E-state index < -0.39 is 11.7 Å². The van der Waals surface area contributed by atoms with Gasteiger partial charge in [-0.15, -0.1) is 11.3 Å². The summed E-state index contributed by atoms with van der Waals surface area (Å²) >= 11 is 1.30. The summed E-state index contributed by atoms with van der Waals surface area (Å²) in [6.45, 7) is 3.90. The first kappa shape index (κ1) is 18.1. The smallest absolute Gasteiger partial charge is 0.298 e. The van der Waals surface area contributed by atoms with Crippen molar-refractivity contribution in [1.29, 1.82) is 0 Å². The number of ketones is 1. The van der Waals surface area contributed by atoms with E-state index in [-0.39, 0.29) is 0 Å². The Morgan fingerprint density at radius 3 is 2.61 bits per heavy atom. The zero-order valence-corrected chi connectivity index (χ0v) is 16.4. The number of rotatable bonds is 5. The maximum Gasteiger partial charge on any atom is 0.298 e. The minimum absolute atomic E-state index is 0.403. The third-order valence-corrected chi connectivity index (χ3v) is 5.47. The van der Waals surface area contributed by atoms with Crippen LogP contribution in [0.1, 0.15) is 28.5 Å². The summed E-state index contributed by atoms with van der Waals surface area (Å²) in [5.41, 5.74) is 4.93. The zero-order chi connectivity index (χ0) is 19.7. The predicted molar refractivity (Wildman–Crippen MR) is 113 cm³/mol. The molecule has 0 aliphatic carbocycles. The van der Waals surface area contributed by atoms with Gasteiger partial charge in [0.25, 0.3) is 11.7 Å². The molecule has 28 heavy (non-hydrogen) atoms. The molecule has 2 aromatic heterocycles. The Morgan fingerprint density at radius 1 is 1.11 bits per heavy atom. The van der Waals surface area contributed by atoms with Gasteiger partial charge in [0.2, 0.25) is 0 Å². The highest BCUT2D eigenvalue weighted by Gasteiger charge is 2.23. The number of Topliss-reactive ketones (excluding diaryl/α,β-unsaturated/α-hetero) is 1. The Bertz CT molecular complexity index is 1170. The zero-order valence-electron chi connectivity index (χ0n) is 15.6. The Balaban J connectivity index is 1.54. The fourth-order valence-electron chi connectivity index (χ4n) is 3.21. The summed E-state index contributed by atoms with van der Waals surface area (Å²) in [6, 6.07) is 15.6. The van der Waals surface area contributed by atoms with Crippen molar-refractivity contribution < 1.29 is 9.59 Å². The summed E-state index contributed by atoms with van der Waals surface area (Å²) in [7, 11) is 0. The van der Waals surface area contributed by atoms with Gasteiger partial charge in [-0.2, -0.15) is 0 Å². The van der Waals surface area contributed by atoms with Crippen LogP contribution in [0.5, 0.6) is 0 Å². The quantitative estimate of drug-likeness (QED) is 0.373. The van der Waals surface area contributed by atoms with Crippen LogP contribution in [0.15, 0.2) is 53.9 Å². The second-order valence-corrected chi connectivity index (χ2v) is 7.40.